The van der Waals surface area contributed by atoms with Crippen molar-refractivity contribution in [3.8, 4) is 11.5 Å². The van der Waals surface area contributed by atoms with Crippen molar-refractivity contribution in [3.05, 3.63) is 52.3 Å². The van der Waals surface area contributed by atoms with Crippen molar-refractivity contribution in [2.75, 3.05) is 11.5 Å². The number of aromatic hydroxyl groups is 1. The number of hydrogen-bond acceptors (Lipinski definition) is 6. The second-order valence-corrected chi connectivity index (χ2v) is 6.31. The summed E-state index contributed by atoms with van der Waals surface area (Å²) >= 11 is 3.20. The Labute approximate surface area is 162 Å². The van der Waals surface area contributed by atoms with E-state index in [0.717, 1.165) is 4.90 Å². The number of pyridine rings is 1. The number of benzene rings is 1. The molecule has 1 saturated heterocycles. The number of urea groups is 1. The van der Waals surface area contributed by atoms with Gasteiger partial charge in [-0.15, -0.1) is 0 Å². The average molecular weight is 432 g/mol. The highest BCUT2D eigenvalue weighted by Gasteiger charge is 2.36. The minimum atomic E-state index is -0.850. The molecule has 4 amide bonds. The van der Waals surface area contributed by atoms with E-state index in [-0.39, 0.29) is 22.8 Å². The summed E-state index contributed by atoms with van der Waals surface area (Å²) in [6.45, 7) is 2.08. The first-order chi connectivity index (χ1) is 12.9. The number of phenolic OH excluding ortho intramolecular Hbond substituents is 1. The number of ether oxygens (including phenoxy) is 1. The smallest absolute Gasteiger partial charge is 0.336 e. The van der Waals surface area contributed by atoms with Crippen molar-refractivity contribution >= 4 is 45.5 Å². The number of nitrogens with one attached hydrogen (secondary N) is 1. The molecular weight excluding hydrogens is 418 g/mol. The Morgan fingerprint density at radius 3 is 2.78 bits per heavy atom. The third-order valence-electron chi connectivity index (χ3n) is 3.67. The summed E-state index contributed by atoms with van der Waals surface area (Å²) in [4.78, 5) is 41.8. The number of phenols is 1. The number of rotatable bonds is 4. The van der Waals surface area contributed by atoms with Gasteiger partial charge in [0.1, 0.15) is 5.57 Å². The molecular formula is C18H14BrN3O5. The molecule has 0 saturated carbocycles. The second kappa shape index (κ2) is 7.58. The lowest BCUT2D eigenvalue weighted by Gasteiger charge is -2.26. The summed E-state index contributed by atoms with van der Waals surface area (Å²) in [6, 6.07) is 5.26. The predicted octanol–water partition coefficient (Wildman–Crippen LogP) is 2.61. The van der Waals surface area contributed by atoms with E-state index in [1.807, 2.05) is 0 Å². The van der Waals surface area contributed by atoms with Gasteiger partial charge >= 0.3 is 6.03 Å². The van der Waals surface area contributed by atoms with Gasteiger partial charge in [-0.1, -0.05) is 0 Å². The van der Waals surface area contributed by atoms with Crippen molar-refractivity contribution in [2.45, 2.75) is 6.92 Å². The fourth-order valence-electron chi connectivity index (χ4n) is 2.49. The van der Waals surface area contributed by atoms with Crippen molar-refractivity contribution in [1.29, 1.82) is 0 Å². The van der Waals surface area contributed by atoms with Crippen LogP contribution in [-0.4, -0.2) is 34.5 Å². The third-order valence-corrected chi connectivity index (χ3v) is 4.27. The third kappa shape index (κ3) is 3.68. The molecule has 0 atom stereocenters. The normalized spacial score (nSPS) is 15.9. The predicted molar refractivity (Wildman–Crippen MR) is 100 cm³/mol. The molecule has 1 aromatic carbocycles. The number of imide groups is 2. The van der Waals surface area contributed by atoms with Gasteiger partial charge in [-0.25, -0.2) is 9.69 Å². The maximum atomic E-state index is 12.8. The number of amides is 4. The molecule has 0 unspecified atom stereocenters. The fraction of sp³-hybridized carbons (Fsp3) is 0.111. The first-order valence-corrected chi connectivity index (χ1v) is 8.68. The first kappa shape index (κ1) is 18.6. The van der Waals surface area contributed by atoms with Crippen LogP contribution in [0, 0.1) is 0 Å². The molecule has 2 N–H and O–H groups in total. The van der Waals surface area contributed by atoms with Crippen LogP contribution in [0.5, 0.6) is 11.5 Å². The van der Waals surface area contributed by atoms with Gasteiger partial charge in [-0.05, 0) is 58.8 Å². The van der Waals surface area contributed by atoms with E-state index in [2.05, 4.69) is 26.2 Å². The van der Waals surface area contributed by atoms with E-state index < -0.39 is 17.8 Å². The van der Waals surface area contributed by atoms with E-state index >= 15 is 0 Å². The Balaban J connectivity index is 2.03. The minimum absolute atomic E-state index is 0.0920. The molecule has 2 aromatic rings. The number of anilines is 1. The molecule has 8 nitrogen and oxygen atoms in total. The first-order valence-electron chi connectivity index (χ1n) is 7.89. The van der Waals surface area contributed by atoms with E-state index in [1.54, 1.807) is 13.0 Å². The van der Waals surface area contributed by atoms with Crippen LogP contribution in [0.1, 0.15) is 12.5 Å². The molecule has 0 bridgehead atoms. The number of nitrogens with zero attached hydrogens (tertiary/aromatic N) is 2. The molecule has 3 rings (SSSR count). The number of halogens is 1. The highest BCUT2D eigenvalue weighted by molar-refractivity contribution is 9.10. The van der Waals surface area contributed by atoms with Crippen LogP contribution in [-0.2, 0) is 9.59 Å². The van der Waals surface area contributed by atoms with Crippen LogP contribution in [0.25, 0.3) is 6.08 Å². The Kier molecular flexibility index (Phi) is 5.22. The van der Waals surface area contributed by atoms with Crippen molar-refractivity contribution in [3.63, 3.8) is 0 Å². The Hall–Kier alpha value is -3.20. The summed E-state index contributed by atoms with van der Waals surface area (Å²) in [5.74, 6) is -1.49. The minimum Gasteiger partial charge on any atom is -0.503 e. The molecule has 2 heterocycles. The highest BCUT2D eigenvalue weighted by atomic mass is 79.9. The Bertz CT molecular complexity index is 959. The largest absolute Gasteiger partial charge is 0.503 e. The van der Waals surface area contributed by atoms with E-state index in [0.29, 0.717) is 16.6 Å². The lowest BCUT2D eigenvalue weighted by Crippen LogP contribution is -2.54. The molecule has 0 aliphatic carbocycles. The Morgan fingerprint density at radius 1 is 1.33 bits per heavy atom. The quantitative estimate of drug-likeness (QED) is 0.568. The molecule has 1 aliphatic heterocycles. The van der Waals surface area contributed by atoms with Crippen LogP contribution in [0.3, 0.4) is 0 Å². The molecule has 0 radical (unpaired) electrons. The van der Waals surface area contributed by atoms with Crippen LogP contribution < -0.4 is 15.0 Å². The van der Waals surface area contributed by atoms with Gasteiger partial charge in [0.05, 0.1) is 23.0 Å². The molecule has 0 spiro atoms. The van der Waals surface area contributed by atoms with Crippen LogP contribution >= 0.6 is 15.9 Å². The topological polar surface area (TPSA) is 109 Å². The molecule has 1 aliphatic rings. The lowest BCUT2D eigenvalue weighted by molar-refractivity contribution is -0.122. The SMILES string of the molecule is CCOc1cc(/C=C2\C(=O)NC(=O)N(c3cccnc3)C2=O)cc(Br)c1O. The summed E-state index contributed by atoms with van der Waals surface area (Å²) in [5.41, 5.74) is 0.431. The zero-order chi connectivity index (χ0) is 19.6. The van der Waals surface area contributed by atoms with E-state index in [9.17, 15) is 19.5 Å². The molecule has 1 fully saturated rings. The van der Waals surface area contributed by atoms with Crippen molar-refractivity contribution in [2.24, 2.45) is 0 Å². The Morgan fingerprint density at radius 2 is 2.11 bits per heavy atom. The molecule has 138 valence electrons. The van der Waals surface area contributed by atoms with Gasteiger partial charge in [-0.3, -0.25) is 19.9 Å². The number of barbiturate groups is 1. The standard InChI is InChI=1S/C18H14BrN3O5/c1-2-27-14-8-10(7-13(19)15(14)23)6-12-16(24)21-18(26)22(17(12)25)11-4-3-5-20-9-11/h3-9,23H,2H2,1H3,(H,21,24,26)/b12-6+. The van der Waals surface area contributed by atoms with E-state index in [4.69, 9.17) is 4.74 Å². The second-order valence-electron chi connectivity index (χ2n) is 5.45. The number of aromatic nitrogens is 1. The van der Waals surface area contributed by atoms with Gasteiger partial charge in [0.2, 0.25) is 0 Å². The zero-order valence-corrected chi connectivity index (χ0v) is 15.7. The molecule has 1 aromatic heterocycles. The average Bonchev–Trinajstić information content (AvgIpc) is 2.63. The van der Waals surface area contributed by atoms with E-state index in [1.165, 1.54) is 36.7 Å². The van der Waals surface area contributed by atoms with Gasteiger partial charge in [0.15, 0.2) is 11.5 Å². The lowest BCUT2D eigenvalue weighted by atomic mass is 10.1. The van der Waals surface area contributed by atoms with Crippen LogP contribution in [0.15, 0.2) is 46.7 Å². The number of hydrogen-bond donors (Lipinski definition) is 2. The van der Waals surface area contributed by atoms with Crippen molar-refractivity contribution < 1.29 is 24.2 Å². The summed E-state index contributed by atoms with van der Waals surface area (Å²) in [7, 11) is 0. The van der Waals surface area contributed by atoms with Crippen molar-refractivity contribution in [1.82, 2.24) is 10.3 Å². The molecule has 27 heavy (non-hydrogen) atoms. The van der Waals surface area contributed by atoms with Gasteiger partial charge in [-0.2, -0.15) is 0 Å². The summed E-state index contributed by atoms with van der Waals surface area (Å²) < 4.78 is 5.68. The zero-order valence-electron chi connectivity index (χ0n) is 14.1. The fourth-order valence-corrected chi connectivity index (χ4v) is 2.95. The van der Waals surface area contributed by atoms with Crippen LogP contribution in [0.2, 0.25) is 0 Å². The van der Waals surface area contributed by atoms with Crippen LogP contribution in [0.4, 0.5) is 10.5 Å². The monoisotopic (exact) mass is 431 g/mol. The summed E-state index contributed by atoms with van der Waals surface area (Å²) in [5, 5.41) is 12.1. The van der Waals surface area contributed by atoms with Gasteiger partial charge in [0.25, 0.3) is 11.8 Å². The number of carbonyl (C=O) groups excluding carboxylic acids is 3. The molecule has 9 heteroatoms. The maximum absolute atomic E-state index is 12.8. The maximum Gasteiger partial charge on any atom is 0.336 e. The van der Waals surface area contributed by atoms with Gasteiger partial charge in [0, 0.05) is 6.20 Å². The van der Waals surface area contributed by atoms with Gasteiger partial charge < -0.3 is 9.84 Å². The highest BCUT2D eigenvalue weighted by Crippen LogP contribution is 2.36. The number of carbonyl (C=O) groups is 3. The summed E-state index contributed by atoms with van der Waals surface area (Å²) in [6.07, 6.45) is 4.16.